The Balaban J connectivity index is -0.0000000109. The maximum Gasteiger partial charge on any atom is 0.154 e. The molecule has 0 N–H and O–H groups in total. The van der Waals surface area contributed by atoms with E-state index in [0.717, 1.165) is 0 Å². The van der Waals surface area contributed by atoms with Gasteiger partial charge in [-0.25, -0.2) is 0 Å². The third-order valence-electron chi connectivity index (χ3n) is 0.664. The monoisotopic (exact) mass is 369 g/mol. The van der Waals surface area contributed by atoms with Gasteiger partial charge in [-0.15, -0.1) is 0 Å². The molecule has 0 saturated heterocycles. The molecule has 0 aromatic carbocycles. The molecule has 1 radical (unpaired) electrons. The van der Waals surface area contributed by atoms with Crippen LogP contribution in [0.4, 0.5) is 0 Å². The van der Waals surface area contributed by atoms with E-state index >= 15 is 0 Å². The van der Waals surface area contributed by atoms with Gasteiger partial charge in [0.1, 0.15) is 0 Å². The van der Waals surface area contributed by atoms with E-state index in [1.807, 2.05) is 6.92 Å². The van der Waals surface area contributed by atoms with Crippen molar-refractivity contribution in [3.05, 3.63) is 39.4 Å². The van der Waals surface area contributed by atoms with Crippen molar-refractivity contribution >= 4 is 0 Å². The smallest absolute Gasteiger partial charge is 0.154 e. The molecule has 8 nitrogen and oxygen atoms in total. The molecule has 0 rings (SSSR count). The first kappa shape index (κ1) is 64.3. The molecule has 0 saturated carbocycles. The second-order valence-electron chi connectivity index (χ2n) is 1.04. The number of hydrogen-bond acceptors (Lipinski definition) is 8. The van der Waals surface area contributed by atoms with Crippen molar-refractivity contribution in [2.75, 3.05) is 14.2 Å². The zero-order chi connectivity index (χ0) is 17.0. The van der Waals surface area contributed by atoms with E-state index in [1.54, 1.807) is 14.2 Å². The summed E-state index contributed by atoms with van der Waals surface area (Å²) in [6, 6.07) is 0. The van der Waals surface area contributed by atoms with E-state index in [4.69, 9.17) is 71.0 Å². The van der Waals surface area contributed by atoms with Gasteiger partial charge < -0.3 is 80.5 Å². The van der Waals surface area contributed by atoms with Crippen LogP contribution >= 0.6 is 0 Å². The van der Waals surface area contributed by atoms with Crippen molar-refractivity contribution in [2.24, 2.45) is 0 Å². The number of rotatable bonds is 2. The van der Waals surface area contributed by atoms with Gasteiger partial charge in [0.2, 0.25) is 0 Å². The van der Waals surface area contributed by atoms with Crippen LogP contribution in [0, 0.1) is 71.0 Å². The Morgan fingerprint density at radius 3 is 0.700 bits per heavy atom. The molecule has 0 aromatic rings. The predicted molar refractivity (Wildman–Crippen MR) is 53.3 cm³/mol. The minimum atomic E-state index is -0.0648. The Bertz CT molecular complexity index is 165. The third kappa shape index (κ3) is 907. The SMILES string of the molecule is COC(C)OC.[C-]#N.[C-]#N.[C-]#N.[C-]#N.[C-]#N.[C-]#N.[Co].[Zn]. The topological polar surface area (TPSA) is 161 Å². The molecule has 0 aliphatic rings. The summed E-state index contributed by atoms with van der Waals surface area (Å²) in [5, 5.41) is 37.5. The molecular weight excluding hydrogens is 360 g/mol. The summed E-state index contributed by atoms with van der Waals surface area (Å²) in [6.45, 7) is 30.3. The van der Waals surface area contributed by atoms with E-state index in [9.17, 15) is 0 Å². The number of hydrogen-bond donors (Lipinski definition) is 0. The van der Waals surface area contributed by atoms with Crippen LogP contribution in [-0.4, -0.2) is 20.5 Å². The van der Waals surface area contributed by atoms with Gasteiger partial charge in [0.15, 0.2) is 6.29 Å². The number of nitrogens with zero attached hydrogens (tertiary/aromatic N) is 6. The molecular formula is C10H10CoN6O2Zn-6. The Morgan fingerprint density at radius 2 is 0.700 bits per heavy atom. The molecule has 0 aliphatic heterocycles. The van der Waals surface area contributed by atoms with Gasteiger partial charge in [0.05, 0.1) is 0 Å². The number of ether oxygens (including phenoxy) is 2. The van der Waals surface area contributed by atoms with Crippen molar-refractivity contribution in [1.82, 2.24) is 0 Å². The van der Waals surface area contributed by atoms with Gasteiger partial charge in [-0.05, 0) is 6.92 Å². The normalized spacial score (nSPS) is 3.60. The van der Waals surface area contributed by atoms with Gasteiger partial charge in [0, 0.05) is 50.5 Å². The maximum absolute atomic E-state index is 6.25. The molecule has 0 aliphatic carbocycles. The van der Waals surface area contributed by atoms with Crippen molar-refractivity contribution < 1.29 is 45.7 Å². The van der Waals surface area contributed by atoms with E-state index in [1.165, 1.54) is 0 Å². The van der Waals surface area contributed by atoms with Gasteiger partial charge in [-0.3, -0.25) is 0 Å². The molecule has 0 heterocycles. The van der Waals surface area contributed by atoms with Gasteiger partial charge in [0.25, 0.3) is 0 Å². The van der Waals surface area contributed by atoms with Crippen molar-refractivity contribution in [3.63, 3.8) is 0 Å². The molecule has 0 bridgehead atoms. The fourth-order valence-corrected chi connectivity index (χ4v) is 0.0962. The van der Waals surface area contributed by atoms with Crippen LogP contribution in [0.3, 0.4) is 0 Å². The molecule has 0 unspecified atom stereocenters. The summed E-state index contributed by atoms with van der Waals surface area (Å²) < 4.78 is 9.35. The first-order valence-electron chi connectivity index (χ1n) is 3.21. The Hall–Kier alpha value is -2.01. The molecule has 0 aromatic heterocycles. The van der Waals surface area contributed by atoms with Gasteiger partial charge >= 0.3 is 0 Å². The standard InChI is InChI=1S/C4H10O2.6CN.Co.Zn/c1-4(5-2)6-3;6*1-2;;/h4H,1-3H3;;;;;;;;/q;6*-1;;. The summed E-state index contributed by atoms with van der Waals surface area (Å²) in [5.74, 6) is 0. The maximum atomic E-state index is 6.25. The van der Waals surface area contributed by atoms with Crippen molar-refractivity contribution in [2.45, 2.75) is 13.2 Å². The van der Waals surface area contributed by atoms with Crippen LogP contribution in [0.1, 0.15) is 6.92 Å². The van der Waals surface area contributed by atoms with E-state index in [-0.39, 0.29) is 42.5 Å². The summed E-state index contributed by atoms with van der Waals surface area (Å²) in [5.41, 5.74) is 0. The second-order valence-corrected chi connectivity index (χ2v) is 1.04. The summed E-state index contributed by atoms with van der Waals surface area (Å²) in [4.78, 5) is 0. The fourth-order valence-electron chi connectivity index (χ4n) is 0.0962. The van der Waals surface area contributed by atoms with Crippen LogP contribution < -0.4 is 0 Å². The molecule has 0 atom stereocenters. The van der Waals surface area contributed by atoms with Crippen LogP contribution in [0.15, 0.2) is 0 Å². The van der Waals surface area contributed by atoms with E-state index < -0.39 is 0 Å². The Kier molecular flexibility index (Phi) is 1560. The summed E-state index contributed by atoms with van der Waals surface area (Å²) in [6.07, 6.45) is -0.0648. The van der Waals surface area contributed by atoms with E-state index in [0.29, 0.717) is 0 Å². The zero-order valence-electron chi connectivity index (χ0n) is 11.1. The molecule has 0 amide bonds. The Labute approximate surface area is 144 Å². The summed E-state index contributed by atoms with van der Waals surface area (Å²) >= 11 is 0. The average Bonchev–Trinajstić information content (AvgIpc) is 2.57. The molecule has 20 heavy (non-hydrogen) atoms. The van der Waals surface area contributed by atoms with E-state index in [2.05, 4.69) is 9.47 Å². The molecule has 10 heteroatoms. The van der Waals surface area contributed by atoms with Crippen molar-refractivity contribution in [1.29, 1.82) is 31.6 Å². The molecule has 109 valence electrons. The predicted octanol–water partition coefficient (Wildman–Crippen LogP) is 1.20. The van der Waals surface area contributed by atoms with Gasteiger partial charge in [-0.1, -0.05) is 0 Å². The minimum Gasteiger partial charge on any atom is -0.512 e. The number of methoxy groups -OCH3 is 2. The van der Waals surface area contributed by atoms with Crippen LogP contribution in [0.2, 0.25) is 0 Å². The summed E-state index contributed by atoms with van der Waals surface area (Å²) in [7, 11) is 3.21. The second kappa shape index (κ2) is 486. The Morgan fingerprint density at radius 1 is 0.600 bits per heavy atom. The largest absolute Gasteiger partial charge is 0.512 e. The van der Waals surface area contributed by atoms with Crippen LogP contribution in [0.5, 0.6) is 0 Å². The molecule has 0 fully saturated rings. The minimum absolute atomic E-state index is 0. The quantitative estimate of drug-likeness (QED) is 0.397. The zero-order valence-corrected chi connectivity index (χ0v) is 15.1. The first-order valence-corrected chi connectivity index (χ1v) is 3.21. The first-order chi connectivity index (χ1) is 8.81. The fraction of sp³-hybridized carbons (Fsp3) is 0.400. The van der Waals surface area contributed by atoms with Gasteiger partial charge in [-0.2, -0.15) is 0 Å². The van der Waals surface area contributed by atoms with Crippen LogP contribution in [0.25, 0.3) is 0 Å². The third-order valence-corrected chi connectivity index (χ3v) is 0.664. The average molecular weight is 371 g/mol. The van der Waals surface area contributed by atoms with Crippen molar-refractivity contribution in [3.8, 4) is 0 Å². The van der Waals surface area contributed by atoms with Crippen LogP contribution in [-0.2, 0) is 45.7 Å². The molecule has 0 spiro atoms.